The van der Waals surface area contributed by atoms with Crippen molar-refractivity contribution >= 4 is 46.8 Å². The first-order valence-corrected chi connectivity index (χ1v) is 25.7. The molecule has 0 fully saturated rings. The van der Waals surface area contributed by atoms with Gasteiger partial charge in [-0.05, 0) is 132 Å². The Bertz CT molecular complexity index is 2820. The number of benzene rings is 8. The quantitative estimate of drug-likeness (QED) is 0.0346. The second kappa shape index (κ2) is 29.9. The first-order chi connectivity index (χ1) is 35.5. The van der Waals surface area contributed by atoms with Gasteiger partial charge in [0.1, 0.15) is 11.6 Å². The van der Waals surface area contributed by atoms with Gasteiger partial charge in [0.15, 0.2) is 0 Å². The summed E-state index contributed by atoms with van der Waals surface area (Å²) in [5.74, 6) is -0.358. The van der Waals surface area contributed by atoms with E-state index in [0.717, 1.165) is 46.1 Å². The number of carboxylic acid groups (broad SMARTS) is 1. The molecule has 0 saturated carbocycles. The molecule has 8 rings (SSSR count). The van der Waals surface area contributed by atoms with Crippen LogP contribution in [0.1, 0.15) is 43.0 Å². The number of hydrogen-bond acceptors (Lipinski definition) is 9. The van der Waals surface area contributed by atoms with Crippen molar-refractivity contribution in [1.82, 2.24) is 5.32 Å². The molecule has 9 nitrogen and oxygen atoms in total. The molecule has 4 atom stereocenters. The Morgan fingerprint density at radius 2 is 0.836 bits per heavy atom. The Morgan fingerprint density at radius 3 is 1.25 bits per heavy atom. The number of aliphatic hydroxyl groups excluding tert-OH is 2. The van der Waals surface area contributed by atoms with E-state index >= 15 is 0 Å². The summed E-state index contributed by atoms with van der Waals surface area (Å²) < 4.78 is 25.4. The molecule has 13 heteroatoms. The highest BCUT2D eigenvalue weighted by atomic mass is 32.2. The largest absolute Gasteiger partial charge is 0.478 e. The topological polar surface area (TPSA) is 157 Å². The van der Waals surface area contributed by atoms with Crippen LogP contribution in [-0.2, 0) is 24.3 Å². The average Bonchev–Trinajstić information content (AvgIpc) is 3.42. The van der Waals surface area contributed by atoms with Crippen LogP contribution in [0.25, 0.3) is 0 Å². The lowest BCUT2D eigenvalue weighted by atomic mass is 10.0. The summed E-state index contributed by atoms with van der Waals surface area (Å²) in [6, 6.07) is 66.1. The molecule has 0 bridgehead atoms. The molecule has 0 heterocycles. The highest BCUT2D eigenvalue weighted by Gasteiger charge is 2.23. The smallest absolute Gasteiger partial charge is 0.335 e. The van der Waals surface area contributed by atoms with Crippen molar-refractivity contribution in [3.8, 4) is 0 Å². The molecule has 0 aromatic heterocycles. The molecular formula is C60H60F2N4O5S2. The monoisotopic (exact) mass is 1020 g/mol. The fourth-order valence-electron chi connectivity index (χ4n) is 7.18. The first kappa shape index (κ1) is 55.1. The molecule has 8 N–H and O–H groups in total. The number of nitrogens with two attached hydrogens (primary N) is 1. The Balaban J connectivity index is 0.000000205. The van der Waals surface area contributed by atoms with Crippen LogP contribution in [0.15, 0.2) is 228 Å². The number of nitrogens with one attached hydrogen (secondary N) is 3. The van der Waals surface area contributed by atoms with E-state index in [9.17, 15) is 28.6 Å². The number of amides is 1. The van der Waals surface area contributed by atoms with Gasteiger partial charge in [0.25, 0.3) is 5.91 Å². The van der Waals surface area contributed by atoms with Gasteiger partial charge in [0, 0.05) is 57.4 Å². The number of hydrogen-bond donors (Lipinski definition) is 7. The molecule has 376 valence electrons. The predicted octanol–water partition coefficient (Wildman–Crippen LogP) is 11.8. The summed E-state index contributed by atoms with van der Waals surface area (Å²) in [6.07, 6.45) is -0.316. The van der Waals surface area contributed by atoms with Crippen molar-refractivity contribution < 1.29 is 33.7 Å². The summed E-state index contributed by atoms with van der Waals surface area (Å²) in [4.78, 5) is 25.4. The summed E-state index contributed by atoms with van der Waals surface area (Å²) in [7, 11) is 0. The third-order valence-electron chi connectivity index (χ3n) is 11.3. The van der Waals surface area contributed by atoms with Gasteiger partial charge < -0.3 is 37.0 Å². The highest BCUT2D eigenvalue weighted by Crippen LogP contribution is 2.26. The third-order valence-corrected chi connectivity index (χ3v) is 13.5. The third kappa shape index (κ3) is 20.0. The van der Waals surface area contributed by atoms with Gasteiger partial charge in [-0.2, -0.15) is 0 Å². The van der Waals surface area contributed by atoms with Crippen LogP contribution in [-0.4, -0.2) is 64.6 Å². The van der Waals surface area contributed by atoms with Gasteiger partial charge in [0.2, 0.25) is 0 Å². The van der Waals surface area contributed by atoms with Crippen LogP contribution in [0.3, 0.4) is 0 Å². The molecule has 0 aliphatic rings. The molecule has 0 saturated heterocycles. The summed E-state index contributed by atoms with van der Waals surface area (Å²) in [6.45, 7) is 0.697. The zero-order valence-electron chi connectivity index (χ0n) is 40.1. The van der Waals surface area contributed by atoms with E-state index in [1.54, 1.807) is 11.8 Å². The fraction of sp³-hybridized carbons (Fsp3) is 0.167. The highest BCUT2D eigenvalue weighted by molar-refractivity contribution is 7.98. The van der Waals surface area contributed by atoms with Crippen LogP contribution in [0.4, 0.5) is 20.2 Å². The van der Waals surface area contributed by atoms with Gasteiger partial charge in [0.05, 0.1) is 23.8 Å². The van der Waals surface area contributed by atoms with Crippen LogP contribution in [0, 0.1) is 11.6 Å². The van der Waals surface area contributed by atoms with Crippen molar-refractivity contribution in [3.05, 3.63) is 263 Å². The first-order valence-electron chi connectivity index (χ1n) is 23.7. The normalized spacial score (nSPS) is 12.3. The zero-order chi connectivity index (χ0) is 51.6. The molecule has 73 heavy (non-hydrogen) atoms. The number of anilines is 2. The van der Waals surface area contributed by atoms with E-state index in [-0.39, 0.29) is 24.1 Å². The number of rotatable bonds is 21. The summed E-state index contributed by atoms with van der Waals surface area (Å²) in [5, 5.41) is 39.1. The van der Waals surface area contributed by atoms with Crippen molar-refractivity contribution in [2.75, 3.05) is 23.7 Å². The van der Waals surface area contributed by atoms with Crippen LogP contribution in [0.5, 0.6) is 0 Å². The number of carbonyl (C=O) groups excluding carboxylic acids is 1. The molecular weight excluding hydrogens is 959 g/mol. The number of halogens is 2. The van der Waals surface area contributed by atoms with E-state index < -0.39 is 35.9 Å². The van der Waals surface area contributed by atoms with Gasteiger partial charge in [-0.3, -0.25) is 4.79 Å². The molecule has 0 unspecified atom stereocenters. The van der Waals surface area contributed by atoms with Crippen molar-refractivity contribution in [1.29, 1.82) is 0 Å². The van der Waals surface area contributed by atoms with Gasteiger partial charge in [-0.25, -0.2) is 13.6 Å². The predicted molar refractivity (Wildman–Crippen MR) is 293 cm³/mol. The fourth-order valence-corrected chi connectivity index (χ4v) is 8.89. The minimum absolute atomic E-state index is 0.0985. The molecule has 8 aromatic carbocycles. The number of carboxylic acids is 1. The Morgan fingerprint density at radius 1 is 0.466 bits per heavy atom. The molecule has 1 amide bonds. The van der Waals surface area contributed by atoms with Gasteiger partial charge in [-0.1, -0.05) is 121 Å². The Labute approximate surface area is 434 Å². The standard InChI is InChI=1S/C30H29FN2O2S.C23H26N2OS.C7H5FO2/c31-25-13-11-24(12-14-25)30(35)33-28(19-22-7-3-1-4-8-22)29(34)20-32-26-15-17-27(18-16-26)36-21-23-9-5-2-6-10-23;24-22(15-18-7-3-1-4-8-18)23(26)16-25-20-11-13-21(14-12-20)27-17-19-9-5-2-6-10-19;8-6-3-1-5(2-4-6)7(9)10/h1-18,28-29,32,34H,19-21H2,(H,33,35);1-14,22-23,25-26H,15-17,24H2;1-4H,(H,9,10)/t28-,29-;22-,23-;/m00./s1. The Kier molecular flexibility index (Phi) is 22.6. The van der Waals surface area contributed by atoms with E-state index in [1.165, 1.54) is 57.3 Å². The average molecular weight is 1020 g/mol. The number of thioether (sulfide) groups is 2. The van der Waals surface area contributed by atoms with Crippen LogP contribution < -0.4 is 21.7 Å². The Hall–Kier alpha value is -7.26. The summed E-state index contributed by atoms with van der Waals surface area (Å²) >= 11 is 3.59. The van der Waals surface area contributed by atoms with Crippen LogP contribution in [0.2, 0.25) is 0 Å². The molecule has 0 aliphatic carbocycles. The van der Waals surface area contributed by atoms with Crippen molar-refractivity contribution in [3.63, 3.8) is 0 Å². The van der Waals surface area contributed by atoms with E-state index in [0.29, 0.717) is 24.9 Å². The number of aliphatic hydroxyl groups is 2. The molecule has 0 radical (unpaired) electrons. The molecule has 8 aromatic rings. The maximum Gasteiger partial charge on any atom is 0.335 e. The maximum atomic E-state index is 13.3. The lowest BCUT2D eigenvalue weighted by molar-refractivity contribution is 0.0696. The minimum atomic E-state index is -1.04. The molecule has 0 aliphatic heterocycles. The van der Waals surface area contributed by atoms with E-state index in [4.69, 9.17) is 10.8 Å². The van der Waals surface area contributed by atoms with Crippen LogP contribution >= 0.6 is 23.5 Å². The van der Waals surface area contributed by atoms with Crippen molar-refractivity contribution in [2.24, 2.45) is 5.73 Å². The minimum Gasteiger partial charge on any atom is -0.478 e. The second-order valence-corrected chi connectivity index (χ2v) is 19.0. The van der Waals surface area contributed by atoms with Gasteiger partial charge in [-0.15, -0.1) is 23.5 Å². The maximum absolute atomic E-state index is 13.3. The lowest BCUT2D eigenvalue weighted by Crippen LogP contribution is -2.47. The molecule has 0 spiro atoms. The SMILES string of the molecule is N[C@@H](Cc1ccccc1)[C@@H](O)CNc1ccc(SCc2ccccc2)cc1.O=C(N[C@@H](Cc1ccccc1)[C@@H](O)CNc1ccc(SCc2ccccc2)cc1)c1ccc(F)cc1.O=C(O)c1ccc(F)cc1. The number of aromatic carboxylic acids is 1. The van der Waals surface area contributed by atoms with Crippen molar-refractivity contribution in [2.45, 2.75) is 58.4 Å². The lowest BCUT2D eigenvalue weighted by Gasteiger charge is -2.25. The number of carbonyl (C=O) groups is 2. The second-order valence-electron chi connectivity index (χ2n) is 16.9. The van der Waals surface area contributed by atoms with Gasteiger partial charge >= 0.3 is 5.97 Å². The summed E-state index contributed by atoms with van der Waals surface area (Å²) in [5.41, 5.74) is 13.2. The van der Waals surface area contributed by atoms with E-state index in [1.807, 2.05) is 121 Å². The van der Waals surface area contributed by atoms with E-state index in [2.05, 4.69) is 76.6 Å². The zero-order valence-corrected chi connectivity index (χ0v) is 41.8.